The lowest BCUT2D eigenvalue weighted by Crippen LogP contribution is -2.27. The molecule has 2 aromatic rings. The van der Waals surface area contributed by atoms with Gasteiger partial charge in [-0.1, -0.05) is 46.0 Å². The predicted octanol–water partition coefficient (Wildman–Crippen LogP) is 3.96. The van der Waals surface area contributed by atoms with E-state index in [1.165, 1.54) is 24.9 Å². The third-order valence-electron chi connectivity index (χ3n) is 3.52. The Kier molecular flexibility index (Phi) is 5.41. The number of aromatic hydroxyl groups is 1. The third kappa shape index (κ3) is 3.86. The second-order valence-corrected chi connectivity index (χ2v) is 7.70. The molecule has 1 amide bonds. The number of carbonyl (C=O) groups excluding carboxylic acids is 1. The van der Waals surface area contributed by atoms with Crippen molar-refractivity contribution in [2.24, 2.45) is 0 Å². The molecule has 0 spiro atoms. The van der Waals surface area contributed by atoms with Gasteiger partial charge < -0.3 is 9.84 Å². The van der Waals surface area contributed by atoms with Crippen LogP contribution in [0.25, 0.3) is 6.08 Å². The zero-order valence-corrected chi connectivity index (χ0v) is 16.3. The number of amides is 1. The van der Waals surface area contributed by atoms with E-state index in [4.69, 9.17) is 17.0 Å². The molecule has 0 saturated carbocycles. The van der Waals surface area contributed by atoms with Crippen LogP contribution in [0.2, 0.25) is 0 Å². The average molecular weight is 437 g/mol. The summed E-state index contributed by atoms with van der Waals surface area (Å²) in [5.74, 6) is 0.203. The van der Waals surface area contributed by atoms with E-state index in [-0.39, 0.29) is 11.7 Å². The Morgan fingerprint density at radius 2 is 2.28 bits per heavy atom. The van der Waals surface area contributed by atoms with Crippen molar-refractivity contribution in [3.05, 3.63) is 57.2 Å². The molecule has 1 aromatic heterocycles. The molecule has 1 saturated heterocycles. The van der Waals surface area contributed by atoms with Gasteiger partial charge in [0.15, 0.2) is 11.5 Å². The van der Waals surface area contributed by atoms with E-state index in [1.807, 2.05) is 12.1 Å². The van der Waals surface area contributed by atoms with E-state index < -0.39 is 0 Å². The molecule has 1 aromatic carbocycles. The summed E-state index contributed by atoms with van der Waals surface area (Å²) < 4.78 is 6.28. The van der Waals surface area contributed by atoms with Crippen LogP contribution in [0.5, 0.6) is 11.5 Å². The molecule has 0 bridgehead atoms. The Morgan fingerprint density at radius 3 is 2.96 bits per heavy atom. The maximum absolute atomic E-state index is 12.7. The molecule has 0 aliphatic carbocycles. The van der Waals surface area contributed by atoms with Gasteiger partial charge in [-0.15, -0.1) is 0 Å². The third-order valence-corrected chi connectivity index (χ3v) is 5.59. The van der Waals surface area contributed by atoms with E-state index in [1.54, 1.807) is 29.4 Å². The van der Waals surface area contributed by atoms with Crippen molar-refractivity contribution in [3.63, 3.8) is 0 Å². The standard InChI is InChI=1S/C17H13BrN2O3S2/c1-23-14-5-11(12(18)7-13(14)21)6-15-16(22)20(17(24)25-15)9-10-3-2-4-19-8-10/h2-8,21H,9H2,1H3/b15-6-. The first-order valence-electron chi connectivity index (χ1n) is 7.20. The number of methoxy groups -OCH3 is 1. The molecule has 2 heterocycles. The number of phenolic OH excluding ortho intramolecular Hbond substituents is 1. The minimum atomic E-state index is -0.155. The summed E-state index contributed by atoms with van der Waals surface area (Å²) in [4.78, 5) is 18.8. The van der Waals surface area contributed by atoms with Crippen LogP contribution in [-0.2, 0) is 11.3 Å². The van der Waals surface area contributed by atoms with Crippen LogP contribution in [-0.4, -0.2) is 32.3 Å². The maximum Gasteiger partial charge on any atom is 0.266 e. The number of rotatable bonds is 4. The lowest BCUT2D eigenvalue weighted by Gasteiger charge is -2.13. The number of aromatic nitrogens is 1. The smallest absolute Gasteiger partial charge is 0.266 e. The van der Waals surface area contributed by atoms with Gasteiger partial charge in [-0.3, -0.25) is 14.7 Å². The molecule has 1 fully saturated rings. The Hall–Kier alpha value is -1.90. The number of ether oxygens (including phenoxy) is 1. The van der Waals surface area contributed by atoms with E-state index >= 15 is 0 Å². The number of thiocarbonyl (C=S) groups is 1. The Labute approximate surface area is 162 Å². The number of halogens is 1. The zero-order chi connectivity index (χ0) is 18.0. The van der Waals surface area contributed by atoms with Crippen molar-refractivity contribution in [1.29, 1.82) is 0 Å². The van der Waals surface area contributed by atoms with Gasteiger partial charge in [0.1, 0.15) is 4.32 Å². The number of nitrogens with zero attached hydrogens (tertiary/aromatic N) is 2. The van der Waals surface area contributed by atoms with Crippen molar-refractivity contribution in [1.82, 2.24) is 9.88 Å². The number of hydrogen-bond acceptors (Lipinski definition) is 6. The summed E-state index contributed by atoms with van der Waals surface area (Å²) in [6.45, 7) is 0.385. The van der Waals surface area contributed by atoms with Crippen LogP contribution in [0.1, 0.15) is 11.1 Å². The molecule has 3 rings (SSSR count). The highest BCUT2D eigenvalue weighted by Gasteiger charge is 2.32. The van der Waals surface area contributed by atoms with Gasteiger partial charge in [0, 0.05) is 16.9 Å². The number of pyridine rings is 1. The van der Waals surface area contributed by atoms with Crippen LogP contribution in [0.3, 0.4) is 0 Å². The molecular formula is C17H13BrN2O3S2. The number of benzene rings is 1. The topological polar surface area (TPSA) is 62.7 Å². The van der Waals surface area contributed by atoms with E-state index in [0.717, 1.165) is 11.1 Å². The van der Waals surface area contributed by atoms with Gasteiger partial charge in [-0.2, -0.15) is 0 Å². The van der Waals surface area contributed by atoms with Crippen molar-refractivity contribution < 1.29 is 14.6 Å². The first kappa shape index (κ1) is 17.9. The van der Waals surface area contributed by atoms with E-state index in [2.05, 4.69) is 20.9 Å². The van der Waals surface area contributed by atoms with Crippen molar-refractivity contribution >= 4 is 56.2 Å². The summed E-state index contributed by atoms with van der Waals surface area (Å²) in [6, 6.07) is 6.91. The SMILES string of the molecule is COc1cc(/C=C2\SC(=S)N(Cc3cccnc3)C2=O)c(Br)cc1O. The largest absolute Gasteiger partial charge is 0.504 e. The average Bonchev–Trinajstić information content (AvgIpc) is 2.86. The fraction of sp³-hybridized carbons (Fsp3) is 0.118. The fourth-order valence-corrected chi connectivity index (χ4v) is 3.98. The molecule has 0 unspecified atom stereocenters. The summed E-state index contributed by atoms with van der Waals surface area (Å²) in [5.41, 5.74) is 1.63. The molecule has 0 radical (unpaired) electrons. The molecule has 1 aliphatic rings. The van der Waals surface area contributed by atoms with Crippen LogP contribution in [0.4, 0.5) is 0 Å². The molecule has 0 atom stereocenters. The molecule has 1 aliphatic heterocycles. The highest BCUT2D eigenvalue weighted by Crippen LogP contribution is 2.37. The van der Waals surface area contributed by atoms with Gasteiger partial charge >= 0.3 is 0 Å². The van der Waals surface area contributed by atoms with Gasteiger partial charge in [-0.05, 0) is 35.4 Å². The molecule has 25 heavy (non-hydrogen) atoms. The molecular weight excluding hydrogens is 424 g/mol. The first-order valence-corrected chi connectivity index (χ1v) is 9.22. The molecule has 5 nitrogen and oxygen atoms in total. The lowest BCUT2D eigenvalue weighted by molar-refractivity contribution is -0.122. The number of carbonyl (C=O) groups is 1. The van der Waals surface area contributed by atoms with Crippen LogP contribution in [0, 0.1) is 0 Å². The summed E-state index contributed by atoms with van der Waals surface area (Å²) in [7, 11) is 1.47. The van der Waals surface area contributed by atoms with E-state index in [0.29, 0.717) is 26.0 Å². The van der Waals surface area contributed by atoms with Gasteiger partial charge in [0.25, 0.3) is 5.91 Å². The number of thioether (sulfide) groups is 1. The minimum Gasteiger partial charge on any atom is -0.504 e. The first-order chi connectivity index (χ1) is 12.0. The monoisotopic (exact) mass is 436 g/mol. The normalized spacial score (nSPS) is 15.9. The Bertz CT molecular complexity index is 872. The van der Waals surface area contributed by atoms with Crippen LogP contribution in [0.15, 0.2) is 46.0 Å². The van der Waals surface area contributed by atoms with Crippen LogP contribution >= 0.6 is 39.9 Å². The quantitative estimate of drug-likeness (QED) is 0.577. The summed E-state index contributed by atoms with van der Waals surface area (Å²) in [6.07, 6.45) is 5.13. The van der Waals surface area contributed by atoms with Gasteiger partial charge in [0.2, 0.25) is 0 Å². The Balaban J connectivity index is 1.88. The highest BCUT2D eigenvalue weighted by molar-refractivity contribution is 9.10. The van der Waals surface area contributed by atoms with Gasteiger partial charge in [-0.25, -0.2) is 0 Å². The Morgan fingerprint density at radius 1 is 1.48 bits per heavy atom. The van der Waals surface area contributed by atoms with Crippen molar-refractivity contribution in [2.45, 2.75) is 6.54 Å². The zero-order valence-electron chi connectivity index (χ0n) is 13.1. The highest BCUT2D eigenvalue weighted by atomic mass is 79.9. The minimum absolute atomic E-state index is 0.0238. The summed E-state index contributed by atoms with van der Waals surface area (Å²) >= 11 is 9.98. The van der Waals surface area contributed by atoms with Gasteiger partial charge in [0.05, 0.1) is 18.6 Å². The molecule has 128 valence electrons. The second-order valence-electron chi connectivity index (χ2n) is 5.17. The maximum atomic E-state index is 12.7. The predicted molar refractivity (Wildman–Crippen MR) is 105 cm³/mol. The molecule has 1 N–H and O–H groups in total. The molecule has 8 heteroatoms. The number of hydrogen-bond donors (Lipinski definition) is 1. The summed E-state index contributed by atoms with van der Waals surface area (Å²) in [5, 5.41) is 9.79. The van der Waals surface area contributed by atoms with Crippen molar-refractivity contribution in [2.75, 3.05) is 7.11 Å². The lowest BCUT2D eigenvalue weighted by atomic mass is 10.2. The second kappa shape index (κ2) is 7.55. The van der Waals surface area contributed by atoms with E-state index in [9.17, 15) is 9.90 Å². The van der Waals surface area contributed by atoms with Crippen molar-refractivity contribution in [3.8, 4) is 11.5 Å². The van der Waals surface area contributed by atoms with Crippen LogP contribution < -0.4 is 4.74 Å². The number of phenols is 1. The fourth-order valence-electron chi connectivity index (χ4n) is 2.28.